The van der Waals surface area contributed by atoms with E-state index in [2.05, 4.69) is 5.10 Å². The normalized spacial score (nSPS) is 13.2. The summed E-state index contributed by atoms with van der Waals surface area (Å²) in [6.07, 6.45) is 1.10. The molecule has 0 saturated carbocycles. The second-order valence-corrected chi connectivity index (χ2v) is 8.55. The third-order valence-corrected chi connectivity index (χ3v) is 6.31. The third-order valence-electron chi connectivity index (χ3n) is 4.19. The summed E-state index contributed by atoms with van der Waals surface area (Å²) in [5.41, 5.74) is 5.49. The maximum Gasteiger partial charge on any atom is 0.354 e. The molecule has 0 aliphatic heterocycles. The van der Waals surface area contributed by atoms with Gasteiger partial charge in [0.2, 0.25) is 10.0 Å². The predicted octanol–water partition coefficient (Wildman–Crippen LogP) is 2.10. The Morgan fingerprint density at radius 2 is 1.93 bits per heavy atom. The van der Waals surface area contributed by atoms with Gasteiger partial charge in [-0.2, -0.15) is 5.10 Å². The molecule has 1 aromatic carbocycles. The highest BCUT2D eigenvalue weighted by Gasteiger charge is 2.38. The van der Waals surface area contributed by atoms with Crippen LogP contribution >= 0.6 is 12.4 Å². The van der Waals surface area contributed by atoms with E-state index in [1.807, 2.05) is 0 Å². The van der Waals surface area contributed by atoms with E-state index >= 15 is 0 Å². The van der Waals surface area contributed by atoms with Crippen molar-refractivity contribution in [3.8, 4) is 0 Å². The molecule has 0 aliphatic carbocycles. The van der Waals surface area contributed by atoms with Crippen molar-refractivity contribution in [2.75, 3.05) is 20.6 Å². The molecule has 1 atom stereocenters. The van der Waals surface area contributed by atoms with E-state index in [-0.39, 0.29) is 35.9 Å². The molecule has 1 unspecified atom stereocenters. The van der Waals surface area contributed by atoms with Crippen LogP contribution in [0.1, 0.15) is 32.6 Å². The van der Waals surface area contributed by atoms with Gasteiger partial charge in [-0.25, -0.2) is 21.9 Å². The number of benzene rings is 1. The minimum atomic E-state index is -3.96. The van der Waals surface area contributed by atoms with Crippen molar-refractivity contribution >= 4 is 28.4 Å². The lowest BCUT2D eigenvalue weighted by Gasteiger charge is -2.23. The van der Waals surface area contributed by atoms with E-state index in [1.165, 1.54) is 21.0 Å². The van der Waals surface area contributed by atoms with Gasteiger partial charge < -0.3 is 10.8 Å². The zero-order valence-electron chi connectivity index (χ0n) is 16.2. The Kier molecular flexibility index (Phi) is 8.51. The van der Waals surface area contributed by atoms with Crippen molar-refractivity contribution in [3.05, 3.63) is 64.7 Å². The first-order valence-corrected chi connectivity index (χ1v) is 9.93. The summed E-state index contributed by atoms with van der Waals surface area (Å²) in [5.74, 6) is -2.06. The second-order valence-electron chi connectivity index (χ2n) is 6.32. The van der Waals surface area contributed by atoms with Crippen molar-refractivity contribution in [1.29, 1.82) is 0 Å². The van der Waals surface area contributed by atoms with Gasteiger partial charge in [-0.15, -0.1) is 12.4 Å². The number of carboxylic acids is 1. The number of hydrogen-bond donors (Lipinski definition) is 2. The summed E-state index contributed by atoms with van der Waals surface area (Å²) in [7, 11) is -1.22. The van der Waals surface area contributed by atoms with Crippen LogP contribution < -0.4 is 5.73 Å². The molecule has 1 aromatic heterocycles. The third kappa shape index (κ3) is 5.21. The van der Waals surface area contributed by atoms with Crippen molar-refractivity contribution in [1.82, 2.24) is 14.1 Å². The highest BCUT2D eigenvalue weighted by molar-refractivity contribution is 7.89. The first-order chi connectivity index (χ1) is 13.1. The van der Waals surface area contributed by atoms with Crippen LogP contribution in [0.2, 0.25) is 0 Å². The van der Waals surface area contributed by atoms with Crippen LogP contribution in [-0.4, -0.2) is 54.2 Å². The van der Waals surface area contributed by atoms with Crippen LogP contribution in [-0.2, 0) is 16.6 Å². The standard InChI is InChI=1S/C18H23FN4O4S.ClH/c1-12-15(16(18(24)25)23(21-12)11-14(19)9-10-20)17(28(26,27)22(2)3)13-7-5-4-6-8-13;/h4-9,17H,10-11,20H2,1-3H3,(H,24,25);1H. The molecule has 2 aromatic rings. The molecule has 8 nitrogen and oxygen atoms in total. The molecule has 0 bridgehead atoms. The van der Waals surface area contributed by atoms with Gasteiger partial charge >= 0.3 is 5.97 Å². The zero-order valence-corrected chi connectivity index (χ0v) is 17.9. The fourth-order valence-electron chi connectivity index (χ4n) is 2.91. The number of nitrogens with zero attached hydrogens (tertiary/aromatic N) is 3. The Morgan fingerprint density at radius 3 is 2.41 bits per heavy atom. The van der Waals surface area contributed by atoms with Gasteiger partial charge in [0.15, 0.2) is 5.69 Å². The molecule has 0 saturated heterocycles. The van der Waals surface area contributed by atoms with E-state index in [0.717, 1.165) is 15.1 Å². The summed E-state index contributed by atoms with van der Waals surface area (Å²) in [6, 6.07) is 8.25. The smallest absolute Gasteiger partial charge is 0.354 e. The van der Waals surface area contributed by atoms with Gasteiger partial charge in [-0.1, -0.05) is 30.3 Å². The Labute approximate surface area is 175 Å². The first-order valence-electron chi connectivity index (χ1n) is 8.42. The highest BCUT2D eigenvalue weighted by atomic mass is 35.5. The number of aromatic nitrogens is 2. The molecular weight excluding hydrogens is 423 g/mol. The van der Waals surface area contributed by atoms with Crippen LogP contribution in [0.5, 0.6) is 0 Å². The van der Waals surface area contributed by atoms with Gasteiger partial charge in [0.1, 0.15) is 11.1 Å². The minimum absolute atomic E-state index is 0. The molecule has 11 heteroatoms. The Hall–Kier alpha value is -2.27. The molecule has 0 fully saturated rings. The number of aromatic carboxylic acids is 1. The van der Waals surface area contributed by atoms with Crippen molar-refractivity contribution in [2.45, 2.75) is 18.7 Å². The Bertz CT molecular complexity index is 991. The molecule has 2 rings (SSSR count). The molecule has 0 spiro atoms. The maximum atomic E-state index is 14.0. The number of allylic oxidation sites excluding steroid dienone is 1. The lowest BCUT2D eigenvalue weighted by atomic mass is 10.0. The van der Waals surface area contributed by atoms with Gasteiger partial charge in [0.25, 0.3) is 0 Å². The number of halogens is 2. The van der Waals surface area contributed by atoms with Crippen molar-refractivity contribution < 1.29 is 22.7 Å². The van der Waals surface area contributed by atoms with Crippen LogP contribution in [0, 0.1) is 6.92 Å². The number of carbonyl (C=O) groups is 1. The van der Waals surface area contributed by atoms with Crippen LogP contribution in [0.25, 0.3) is 0 Å². The van der Waals surface area contributed by atoms with E-state index in [0.29, 0.717) is 5.56 Å². The number of sulfonamides is 1. The van der Waals surface area contributed by atoms with Gasteiger partial charge in [0, 0.05) is 26.2 Å². The largest absolute Gasteiger partial charge is 0.477 e. The molecule has 160 valence electrons. The molecule has 0 aliphatic rings. The van der Waals surface area contributed by atoms with Crippen LogP contribution in [0.15, 0.2) is 42.2 Å². The summed E-state index contributed by atoms with van der Waals surface area (Å²) >= 11 is 0. The second kappa shape index (κ2) is 9.97. The van der Waals surface area contributed by atoms with E-state index < -0.39 is 33.6 Å². The predicted molar refractivity (Wildman–Crippen MR) is 110 cm³/mol. The summed E-state index contributed by atoms with van der Waals surface area (Å²) in [5, 5.41) is 12.6. The minimum Gasteiger partial charge on any atom is -0.477 e. The summed E-state index contributed by atoms with van der Waals surface area (Å²) in [4.78, 5) is 12.0. The molecule has 0 radical (unpaired) electrons. The number of carboxylic acid groups (broad SMARTS) is 1. The topological polar surface area (TPSA) is 119 Å². The highest BCUT2D eigenvalue weighted by Crippen LogP contribution is 2.36. The molecule has 0 amide bonds. The Balaban J connectivity index is 0.00000420. The lowest BCUT2D eigenvalue weighted by Crippen LogP contribution is -2.30. The van der Waals surface area contributed by atoms with E-state index in [9.17, 15) is 22.7 Å². The fourth-order valence-corrected chi connectivity index (χ4v) is 4.41. The molecular formula is C18H24ClFN4O4S. The SMILES string of the molecule is Cc1nn(CC(F)=CCN)c(C(=O)O)c1C(c1ccccc1)S(=O)(=O)N(C)C.Cl. The number of nitrogens with two attached hydrogens (primary N) is 1. The Morgan fingerprint density at radius 1 is 1.34 bits per heavy atom. The monoisotopic (exact) mass is 446 g/mol. The molecule has 29 heavy (non-hydrogen) atoms. The van der Waals surface area contributed by atoms with Gasteiger partial charge in [-0.05, 0) is 18.6 Å². The van der Waals surface area contributed by atoms with Gasteiger partial charge in [0.05, 0.1) is 12.2 Å². The maximum absolute atomic E-state index is 14.0. The average molecular weight is 447 g/mol. The van der Waals surface area contributed by atoms with E-state index in [4.69, 9.17) is 5.73 Å². The zero-order chi connectivity index (χ0) is 21.1. The van der Waals surface area contributed by atoms with Crippen molar-refractivity contribution in [2.24, 2.45) is 5.73 Å². The van der Waals surface area contributed by atoms with Crippen molar-refractivity contribution in [3.63, 3.8) is 0 Å². The molecule has 1 heterocycles. The number of hydrogen-bond acceptors (Lipinski definition) is 5. The number of rotatable bonds is 8. The summed E-state index contributed by atoms with van der Waals surface area (Å²) < 4.78 is 42.1. The fraction of sp³-hybridized carbons (Fsp3) is 0.333. The van der Waals surface area contributed by atoms with E-state index in [1.54, 1.807) is 30.3 Å². The molecule has 3 N–H and O–H groups in total. The summed E-state index contributed by atoms with van der Waals surface area (Å²) in [6.45, 7) is 0.996. The number of aryl methyl sites for hydroxylation is 1. The van der Waals surface area contributed by atoms with Crippen LogP contribution in [0.3, 0.4) is 0 Å². The lowest BCUT2D eigenvalue weighted by molar-refractivity contribution is 0.0682. The quantitative estimate of drug-likeness (QED) is 0.641. The van der Waals surface area contributed by atoms with Gasteiger partial charge in [-0.3, -0.25) is 4.68 Å². The van der Waals surface area contributed by atoms with Crippen LogP contribution in [0.4, 0.5) is 4.39 Å². The average Bonchev–Trinajstić information content (AvgIpc) is 2.91. The first kappa shape index (κ1) is 24.8.